The summed E-state index contributed by atoms with van der Waals surface area (Å²) < 4.78 is 39.5. The second-order valence-corrected chi connectivity index (χ2v) is 4.53. The molecular formula is C16H11F3N+. The SMILES string of the molecule is FC(F)(F)c1ccc(-c2ccc3cccc[n+]3c2)cc1. The first kappa shape index (κ1) is 12.7. The Hall–Kier alpha value is -2.36. The molecule has 3 aromatic rings. The average Bonchev–Trinajstić information content (AvgIpc) is 2.46. The number of nitrogens with zero attached hydrogens (tertiary/aromatic N) is 1. The Labute approximate surface area is 113 Å². The Balaban J connectivity index is 2.02. The molecule has 2 heterocycles. The lowest BCUT2D eigenvalue weighted by atomic mass is 10.1. The fourth-order valence-electron chi connectivity index (χ4n) is 2.12. The van der Waals surface area contributed by atoms with E-state index in [-0.39, 0.29) is 0 Å². The average molecular weight is 274 g/mol. The van der Waals surface area contributed by atoms with Crippen LogP contribution in [0, 0.1) is 0 Å². The van der Waals surface area contributed by atoms with Crippen LogP contribution in [0.3, 0.4) is 0 Å². The highest BCUT2D eigenvalue weighted by molar-refractivity contribution is 5.63. The fraction of sp³-hybridized carbons (Fsp3) is 0.0625. The number of aromatic nitrogens is 1. The topological polar surface area (TPSA) is 4.10 Å². The quantitative estimate of drug-likeness (QED) is 0.588. The van der Waals surface area contributed by atoms with Gasteiger partial charge in [0.1, 0.15) is 0 Å². The van der Waals surface area contributed by atoms with E-state index < -0.39 is 11.7 Å². The lowest BCUT2D eigenvalue weighted by molar-refractivity contribution is -0.511. The third kappa shape index (κ3) is 2.37. The monoisotopic (exact) mass is 274 g/mol. The molecule has 0 saturated carbocycles. The number of hydrogen-bond donors (Lipinski definition) is 0. The van der Waals surface area contributed by atoms with Gasteiger partial charge in [0, 0.05) is 23.8 Å². The van der Waals surface area contributed by atoms with Crippen molar-refractivity contribution in [3.8, 4) is 11.1 Å². The summed E-state index contributed by atoms with van der Waals surface area (Å²) in [7, 11) is 0. The number of rotatable bonds is 1. The van der Waals surface area contributed by atoms with E-state index in [9.17, 15) is 13.2 Å². The van der Waals surface area contributed by atoms with Crippen LogP contribution in [0.25, 0.3) is 16.6 Å². The highest BCUT2D eigenvalue weighted by atomic mass is 19.4. The molecule has 0 saturated heterocycles. The molecule has 0 fully saturated rings. The van der Waals surface area contributed by atoms with Crippen molar-refractivity contribution >= 4 is 5.52 Å². The van der Waals surface area contributed by atoms with Crippen molar-refractivity contribution in [3.05, 3.63) is 72.6 Å². The first-order valence-electron chi connectivity index (χ1n) is 6.12. The first-order valence-corrected chi connectivity index (χ1v) is 6.12. The van der Waals surface area contributed by atoms with Gasteiger partial charge in [0.15, 0.2) is 12.4 Å². The molecule has 2 aromatic heterocycles. The Kier molecular flexibility index (Phi) is 2.93. The van der Waals surface area contributed by atoms with Crippen molar-refractivity contribution in [2.45, 2.75) is 6.18 Å². The summed E-state index contributed by atoms with van der Waals surface area (Å²) in [5.74, 6) is 0. The third-order valence-corrected chi connectivity index (χ3v) is 3.18. The summed E-state index contributed by atoms with van der Waals surface area (Å²) in [6.07, 6.45) is -0.489. The summed E-state index contributed by atoms with van der Waals surface area (Å²) in [4.78, 5) is 0. The first-order chi connectivity index (χ1) is 9.54. The minimum Gasteiger partial charge on any atom is -0.167 e. The molecule has 4 heteroatoms. The smallest absolute Gasteiger partial charge is 0.167 e. The van der Waals surface area contributed by atoms with E-state index >= 15 is 0 Å². The maximum atomic E-state index is 12.5. The lowest BCUT2D eigenvalue weighted by Gasteiger charge is -2.07. The molecule has 0 spiro atoms. The van der Waals surface area contributed by atoms with E-state index in [1.165, 1.54) is 12.1 Å². The molecule has 0 atom stereocenters. The van der Waals surface area contributed by atoms with Crippen molar-refractivity contribution < 1.29 is 17.6 Å². The summed E-state index contributed by atoms with van der Waals surface area (Å²) in [5, 5.41) is 0. The third-order valence-electron chi connectivity index (χ3n) is 3.18. The van der Waals surface area contributed by atoms with Gasteiger partial charge in [-0.2, -0.15) is 17.6 Å². The number of halogens is 3. The largest absolute Gasteiger partial charge is 0.416 e. The van der Waals surface area contributed by atoms with E-state index in [1.54, 1.807) is 0 Å². The Morgan fingerprint density at radius 1 is 0.750 bits per heavy atom. The summed E-state index contributed by atoms with van der Waals surface area (Å²) in [5.41, 5.74) is 2.04. The van der Waals surface area contributed by atoms with Crippen molar-refractivity contribution in [2.75, 3.05) is 0 Å². The van der Waals surface area contributed by atoms with E-state index in [0.717, 1.165) is 28.8 Å². The molecule has 3 rings (SSSR count). The maximum Gasteiger partial charge on any atom is 0.416 e. The number of hydrogen-bond acceptors (Lipinski definition) is 0. The molecule has 0 bridgehead atoms. The summed E-state index contributed by atoms with van der Waals surface area (Å²) >= 11 is 0. The van der Waals surface area contributed by atoms with E-state index in [4.69, 9.17) is 0 Å². The highest BCUT2D eigenvalue weighted by Gasteiger charge is 2.30. The van der Waals surface area contributed by atoms with Crippen LogP contribution < -0.4 is 4.40 Å². The van der Waals surface area contributed by atoms with Gasteiger partial charge in [-0.05, 0) is 29.8 Å². The highest BCUT2D eigenvalue weighted by Crippen LogP contribution is 2.30. The fourth-order valence-corrected chi connectivity index (χ4v) is 2.12. The number of benzene rings is 1. The molecule has 0 aliphatic heterocycles. The molecule has 1 aromatic carbocycles. The molecule has 100 valence electrons. The molecule has 0 radical (unpaired) electrons. The number of fused-ring (bicyclic) bond motifs is 1. The van der Waals surface area contributed by atoms with Gasteiger partial charge in [0.25, 0.3) is 0 Å². The van der Waals surface area contributed by atoms with E-state index in [2.05, 4.69) is 0 Å². The van der Waals surface area contributed by atoms with Crippen LogP contribution in [-0.2, 0) is 6.18 Å². The van der Waals surface area contributed by atoms with Crippen LogP contribution in [0.5, 0.6) is 0 Å². The standard InChI is InChI=1S/C16H11F3N/c17-16(18,19)14-7-4-12(5-8-14)13-6-9-15-3-1-2-10-20(15)11-13/h1-11H/q+1. The van der Waals surface area contributed by atoms with Crippen LogP contribution in [0.2, 0.25) is 0 Å². The molecule has 0 unspecified atom stereocenters. The van der Waals surface area contributed by atoms with Crippen molar-refractivity contribution in [2.24, 2.45) is 0 Å². The Morgan fingerprint density at radius 2 is 1.45 bits per heavy atom. The molecule has 20 heavy (non-hydrogen) atoms. The van der Waals surface area contributed by atoms with Crippen LogP contribution in [-0.4, -0.2) is 0 Å². The minimum atomic E-state index is -4.29. The molecule has 0 aliphatic carbocycles. The van der Waals surface area contributed by atoms with Crippen LogP contribution in [0.15, 0.2) is 67.0 Å². The molecule has 0 amide bonds. The zero-order chi connectivity index (χ0) is 14.2. The van der Waals surface area contributed by atoms with Gasteiger partial charge in [-0.15, -0.1) is 0 Å². The Bertz CT molecular complexity index is 746. The summed E-state index contributed by atoms with van der Waals surface area (Å²) in [6.45, 7) is 0. The van der Waals surface area contributed by atoms with E-state index in [0.29, 0.717) is 0 Å². The normalized spacial score (nSPS) is 11.8. The molecule has 1 nitrogen and oxygen atoms in total. The predicted molar refractivity (Wildman–Crippen MR) is 70.0 cm³/mol. The minimum absolute atomic E-state index is 0.630. The maximum absolute atomic E-state index is 12.5. The van der Waals surface area contributed by atoms with Gasteiger partial charge in [0.05, 0.1) is 5.56 Å². The van der Waals surface area contributed by atoms with Gasteiger partial charge in [-0.1, -0.05) is 12.1 Å². The van der Waals surface area contributed by atoms with Crippen molar-refractivity contribution in [1.29, 1.82) is 0 Å². The van der Waals surface area contributed by atoms with Crippen LogP contribution in [0.4, 0.5) is 13.2 Å². The molecule has 0 aliphatic rings. The zero-order valence-corrected chi connectivity index (χ0v) is 10.4. The van der Waals surface area contributed by atoms with Crippen LogP contribution >= 0.6 is 0 Å². The predicted octanol–water partition coefficient (Wildman–Crippen LogP) is 4.11. The lowest BCUT2D eigenvalue weighted by Crippen LogP contribution is -2.20. The van der Waals surface area contributed by atoms with Gasteiger partial charge in [0.2, 0.25) is 5.52 Å². The van der Waals surface area contributed by atoms with Gasteiger partial charge < -0.3 is 0 Å². The van der Waals surface area contributed by atoms with Crippen molar-refractivity contribution in [3.63, 3.8) is 0 Å². The van der Waals surface area contributed by atoms with Crippen molar-refractivity contribution in [1.82, 2.24) is 0 Å². The number of alkyl halides is 3. The second-order valence-electron chi connectivity index (χ2n) is 4.53. The van der Waals surface area contributed by atoms with E-state index in [1.807, 2.05) is 47.1 Å². The van der Waals surface area contributed by atoms with Gasteiger partial charge in [-0.25, -0.2) is 0 Å². The zero-order valence-electron chi connectivity index (χ0n) is 10.4. The molecule has 0 N–H and O–H groups in total. The second kappa shape index (κ2) is 4.63. The molecular weight excluding hydrogens is 263 g/mol. The summed E-state index contributed by atoms with van der Waals surface area (Å²) in [6, 6.07) is 14.9. The van der Waals surface area contributed by atoms with Crippen LogP contribution in [0.1, 0.15) is 5.56 Å². The Morgan fingerprint density at radius 3 is 2.15 bits per heavy atom. The van der Waals surface area contributed by atoms with Gasteiger partial charge >= 0.3 is 6.18 Å². The van der Waals surface area contributed by atoms with Gasteiger partial charge in [-0.3, -0.25) is 0 Å². The number of pyridine rings is 2.